The highest BCUT2D eigenvalue weighted by atomic mass is 16.5. The molecule has 0 rings (SSSR count). The molecular formula is C8H13NO2. The average Bonchev–Trinajstić information content (AvgIpc) is 1.98. The Balaban J connectivity index is 3.98. The fourth-order valence-electron chi connectivity index (χ4n) is 0.784. The summed E-state index contributed by atoms with van der Waals surface area (Å²) in [5.74, 6) is -0.0677. The van der Waals surface area contributed by atoms with Crippen LogP contribution in [0.2, 0.25) is 0 Å². The van der Waals surface area contributed by atoms with Gasteiger partial charge in [-0.1, -0.05) is 13.8 Å². The minimum atomic E-state index is -0.611. The second kappa shape index (κ2) is 4.73. The number of ether oxygens (including phenoxy) is 1. The summed E-state index contributed by atoms with van der Waals surface area (Å²) in [6.07, 6.45) is 0.580. The molecule has 0 radical (unpaired) electrons. The molecule has 0 amide bonds. The number of carbonyl (C=O) groups excluding carboxylic acids is 1. The van der Waals surface area contributed by atoms with Crippen LogP contribution in [0.25, 0.3) is 4.85 Å². The van der Waals surface area contributed by atoms with Crippen LogP contribution < -0.4 is 0 Å². The molecule has 62 valence electrons. The monoisotopic (exact) mass is 155 g/mol. The molecule has 0 saturated carbocycles. The SMILES string of the molecule is [C-]#[N+][C@@H](CC(C)C)C(=O)OC. The van der Waals surface area contributed by atoms with Crippen LogP contribution in [-0.4, -0.2) is 19.1 Å². The van der Waals surface area contributed by atoms with E-state index in [2.05, 4.69) is 9.58 Å². The van der Waals surface area contributed by atoms with E-state index in [1.54, 1.807) is 0 Å². The molecule has 0 unspecified atom stereocenters. The van der Waals surface area contributed by atoms with E-state index in [0.717, 1.165) is 0 Å². The lowest BCUT2D eigenvalue weighted by molar-refractivity contribution is -0.141. The zero-order valence-electron chi connectivity index (χ0n) is 7.13. The first-order valence-corrected chi connectivity index (χ1v) is 3.56. The van der Waals surface area contributed by atoms with Gasteiger partial charge in [-0.15, -0.1) is 0 Å². The first-order chi connectivity index (χ1) is 5.11. The van der Waals surface area contributed by atoms with E-state index in [0.29, 0.717) is 12.3 Å². The van der Waals surface area contributed by atoms with E-state index in [1.807, 2.05) is 13.8 Å². The molecule has 3 heteroatoms. The lowest BCUT2D eigenvalue weighted by atomic mass is 10.0. The lowest BCUT2D eigenvalue weighted by Gasteiger charge is -2.04. The Labute approximate surface area is 67.2 Å². The van der Waals surface area contributed by atoms with Crippen LogP contribution >= 0.6 is 0 Å². The lowest BCUT2D eigenvalue weighted by Crippen LogP contribution is -2.20. The molecule has 0 aliphatic rings. The molecule has 0 aromatic rings. The van der Waals surface area contributed by atoms with Gasteiger partial charge in [0.2, 0.25) is 0 Å². The van der Waals surface area contributed by atoms with Gasteiger partial charge in [0, 0.05) is 6.42 Å². The van der Waals surface area contributed by atoms with Gasteiger partial charge in [-0.25, -0.2) is 11.4 Å². The Morgan fingerprint density at radius 3 is 2.45 bits per heavy atom. The van der Waals surface area contributed by atoms with Crippen LogP contribution in [0.4, 0.5) is 0 Å². The Bertz CT molecular complexity index is 169. The number of methoxy groups -OCH3 is 1. The van der Waals surface area contributed by atoms with Crippen LogP contribution in [0.5, 0.6) is 0 Å². The van der Waals surface area contributed by atoms with Crippen molar-refractivity contribution in [3.05, 3.63) is 11.4 Å². The van der Waals surface area contributed by atoms with E-state index in [9.17, 15) is 4.79 Å². The van der Waals surface area contributed by atoms with Crippen molar-refractivity contribution in [3.63, 3.8) is 0 Å². The van der Waals surface area contributed by atoms with Gasteiger partial charge >= 0.3 is 12.0 Å². The number of carbonyl (C=O) groups is 1. The second-order valence-electron chi connectivity index (χ2n) is 2.80. The predicted octanol–water partition coefficient (Wildman–Crippen LogP) is 1.49. The maximum absolute atomic E-state index is 10.8. The molecule has 0 aliphatic carbocycles. The number of hydrogen-bond acceptors (Lipinski definition) is 2. The molecule has 0 bridgehead atoms. The summed E-state index contributed by atoms with van der Waals surface area (Å²) < 4.78 is 4.45. The highest BCUT2D eigenvalue weighted by Gasteiger charge is 2.24. The van der Waals surface area contributed by atoms with Crippen LogP contribution in [-0.2, 0) is 9.53 Å². The molecule has 0 aromatic heterocycles. The molecule has 0 saturated heterocycles. The van der Waals surface area contributed by atoms with Gasteiger partial charge in [0.1, 0.15) is 0 Å². The smallest absolute Gasteiger partial charge is 0.389 e. The number of nitrogens with zero attached hydrogens (tertiary/aromatic N) is 1. The maximum atomic E-state index is 10.8. The number of rotatable bonds is 3. The summed E-state index contributed by atoms with van der Waals surface area (Å²) in [7, 11) is 1.31. The normalized spacial score (nSPS) is 12.3. The zero-order chi connectivity index (χ0) is 8.85. The largest absolute Gasteiger partial charge is 0.463 e. The average molecular weight is 155 g/mol. The van der Waals surface area contributed by atoms with Gasteiger partial charge in [-0.3, -0.25) is 0 Å². The van der Waals surface area contributed by atoms with Crippen molar-refractivity contribution in [1.29, 1.82) is 0 Å². The molecule has 0 heterocycles. The van der Waals surface area contributed by atoms with E-state index in [-0.39, 0.29) is 0 Å². The third-order valence-electron chi connectivity index (χ3n) is 1.32. The summed E-state index contributed by atoms with van der Waals surface area (Å²) in [5.41, 5.74) is 0. The first-order valence-electron chi connectivity index (χ1n) is 3.56. The molecular weight excluding hydrogens is 142 g/mol. The minimum Gasteiger partial charge on any atom is -0.463 e. The predicted molar refractivity (Wildman–Crippen MR) is 41.9 cm³/mol. The summed E-state index contributed by atoms with van der Waals surface area (Å²) in [6, 6.07) is -0.611. The fraction of sp³-hybridized carbons (Fsp3) is 0.750. The van der Waals surface area contributed by atoms with Crippen LogP contribution in [0.1, 0.15) is 20.3 Å². The molecule has 0 aliphatic heterocycles. The Kier molecular flexibility index (Phi) is 4.28. The molecule has 3 nitrogen and oxygen atoms in total. The fourth-order valence-corrected chi connectivity index (χ4v) is 0.784. The van der Waals surface area contributed by atoms with Crippen molar-refractivity contribution in [3.8, 4) is 0 Å². The van der Waals surface area contributed by atoms with Crippen molar-refractivity contribution in [1.82, 2.24) is 0 Å². The Morgan fingerprint density at radius 1 is 1.64 bits per heavy atom. The molecule has 0 aromatic carbocycles. The van der Waals surface area contributed by atoms with Crippen molar-refractivity contribution in [2.75, 3.05) is 7.11 Å². The van der Waals surface area contributed by atoms with Gasteiger partial charge < -0.3 is 9.58 Å². The second-order valence-corrected chi connectivity index (χ2v) is 2.80. The molecule has 0 spiro atoms. The summed E-state index contributed by atoms with van der Waals surface area (Å²) in [6.45, 7) is 10.7. The van der Waals surface area contributed by atoms with Gasteiger partial charge in [-0.05, 0) is 5.92 Å². The van der Waals surface area contributed by atoms with Crippen molar-refractivity contribution >= 4 is 5.97 Å². The van der Waals surface area contributed by atoms with Crippen molar-refractivity contribution in [2.24, 2.45) is 5.92 Å². The van der Waals surface area contributed by atoms with Gasteiger partial charge in [-0.2, -0.15) is 0 Å². The van der Waals surface area contributed by atoms with Crippen LogP contribution in [0, 0.1) is 12.5 Å². The molecule has 0 fully saturated rings. The molecule has 1 atom stereocenters. The van der Waals surface area contributed by atoms with E-state index >= 15 is 0 Å². The molecule has 11 heavy (non-hydrogen) atoms. The van der Waals surface area contributed by atoms with Gasteiger partial charge in [0.05, 0.1) is 7.11 Å². The van der Waals surface area contributed by atoms with Crippen molar-refractivity contribution < 1.29 is 9.53 Å². The highest BCUT2D eigenvalue weighted by Crippen LogP contribution is 2.08. The van der Waals surface area contributed by atoms with E-state index in [1.165, 1.54) is 7.11 Å². The van der Waals surface area contributed by atoms with Gasteiger partial charge in [0.25, 0.3) is 0 Å². The van der Waals surface area contributed by atoms with Crippen LogP contribution in [0.3, 0.4) is 0 Å². The topological polar surface area (TPSA) is 30.7 Å². The van der Waals surface area contributed by atoms with E-state index in [4.69, 9.17) is 6.57 Å². The van der Waals surface area contributed by atoms with E-state index < -0.39 is 12.0 Å². The summed E-state index contributed by atoms with van der Waals surface area (Å²) in [5, 5.41) is 0. The summed E-state index contributed by atoms with van der Waals surface area (Å²) in [4.78, 5) is 14.0. The zero-order valence-corrected chi connectivity index (χ0v) is 7.13. The third kappa shape index (κ3) is 3.61. The quantitative estimate of drug-likeness (QED) is 0.456. The van der Waals surface area contributed by atoms with Crippen molar-refractivity contribution in [2.45, 2.75) is 26.3 Å². The van der Waals surface area contributed by atoms with Crippen LogP contribution in [0.15, 0.2) is 0 Å². The third-order valence-corrected chi connectivity index (χ3v) is 1.32. The Hall–Kier alpha value is -1.04. The Morgan fingerprint density at radius 2 is 2.18 bits per heavy atom. The number of hydrogen-bond donors (Lipinski definition) is 0. The standard InChI is InChI=1S/C8H13NO2/c1-6(2)5-7(9-3)8(10)11-4/h6-7H,5H2,1-2,4H3/t7-/m0/s1. The number of esters is 1. The minimum absolute atomic E-state index is 0.355. The maximum Gasteiger partial charge on any atom is 0.389 e. The summed E-state index contributed by atoms with van der Waals surface area (Å²) >= 11 is 0. The first kappa shape index (κ1) is 9.96. The highest BCUT2D eigenvalue weighted by molar-refractivity contribution is 5.77. The van der Waals surface area contributed by atoms with Gasteiger partial charge in [0.15, 0.2) is 0 Å². The molecule has 0 N–H and O–H groups in total.